The molecule has 0 amide bonds. The van der Waals surface area contributed by atoms with E-state index >= 15 is 0 Å². The molecule has 1 rings (SSSR count). The molecular formula is C12H22ClN3O. The molecule has 0 saturated carbocycles. The Labute approximate surface area is 108 Å². The second kappa shape index (κ2) is 6.38. The molecular weight excluding hydrogens is 238 g/mol. The molecule has 1 heterocycles. The van der Waals surface area contributed by atoms with E-state index in [9.17, 15) is 0 Å². The smallest absolute Gasteiger partial charge is 0.128 e. The standard InChI is InChI=1S/C12H22ClN3O/c1-12(2,5-6-17-4)9-14-8-11-15-7-10(13)16(11)3/h7,14H,5-6,8-9H2,1-4H3. The number of halogens is 1. The van der Waals surface area contributed by atoms with E-state index in [0.29, 0.717) is 5.15 Å². The minimum absolute atomic E-state index is 0.227. The van der Waals surface area contributed by atoms with Crippen molar-refractivity contribution >= 4 is 11.6 Å². The van der Waals surface area contributed by atoms with Crippen molar-refractivity contribution in [2.45, 2.75) is 26.8 Å². The average Bonchev–Trinajstić information content (AvgIpc) is 2.58. The van der Waals surface area contributed by atoms with Crippen LogP contribution in [0.3, 0.4) is 0 Å². The summed E-state index contributed by atoms with van der Waals surface area (Å²) in [6.07, 6.45) is 2.71. The van der Waals surface area contributed by atoms with Crippen LogP contribution in [0, 0.1) is 5.41 Å². The van der Waals surface area contributed by atoms with Crippen molar-refractivity contribution in [3.8, 4) is 0 Å². The second-order valence-corrected chi connectivity index (χ2v) is 5.45. The summed E-state index contributed by atoms with van der Waals surface area (Å²) in [5.41, 5.74) is 0.227. The lowest BCUT2D eigenvalue weighted by atomic mass is 9.90. The molecule has 0 aliphatic rings. The predicted molar refractivity (Wildman–Crippen MR) is 70.2 cm³/mol. The summed E-state index contributed by atoms with van der Waals surface area (Å²) in [5.74, 6) is 0.956. The third kappa shape index (κ3) is 4.66. The molecule has 1 aromatic rings. The molecule has 1 N–H and O–H groups in total. The highest BCUT2D eigenvalue weighted by Crippen LogP contribution is 2.19. The summed E-state index contributed by atoms with van der Waals surface area (Å²) in [4.78, 5) is 4.24. The zero-order valence-electron chi connectivity index (χ0n) is 11.1. The highest BCUT2D eigenvalue weighted by Gasteiger charge is 2.17. The Morgan fingerprint density at radius 1 is 1.53 bits per heavy atom. The molecule has 1 aromatic heterocycles. The first kappa shape index (κ1) is 14.5. The molecule has 0 aliphatic heterocycles. The van der Waals surface area contributed by atoms with Gasteiger partial charge in [-0.3, -0.25) is 0 Å². The van der Waals surface area contributed by atoms with Gasteiger partial charge in [0.1, 0.15) is 11.0 Å². The Bertz CT molecular complexity index is 350. The summed E-state index contributed by atoms with van der Waals surface area (Å²) >= 11 is 5.92. The third-order valence-electron chi connectivity index (χ3n) is 2.90. The Morgan fingerprint density at radius 3 is 2.76 bits per heavy atom. The van der Waals surface area contributed by atoms with E-state index in [4.69, 9.17) is 16.3 Å². The van der Waals surface area contributed by atoms with Crippen LogP contribution in [-0.4, -0.2) is 29.8 Å². The highest BCUT2D eigenvalue weighted by molar-refractivity contribution is 6.29. The summed E-state index contributed by atoms with van der Waals surface area (Å²) in [7, 11) is 3.65. The topological polar surface area (TPSA) is 39.1 Å². The molecule has 17 heavy (non-hydrogen) atoms. The van der Waals surface area contributed by atoms with Gasteiger partial charge in [0.15, 0.2) is 0 Å². The van der Waals surface area contributed by atoms with Crippen LogP contribution in [0.5, 0.6) is 0 Å². The molecule has 5 heteroatoms. The normalized spacial score (nSPS) is 12.1. The van der Waals surface area contributed by atoms with E-state index in [1.54, 1.807) is 13.3 Å². The molecule has 0 saturated heterocycles. The van der Waals surface area contributed by atoms with E-state index < -0.39 is 0 Å². The van der Waals surface area contributed by atoms with Gasteiger partial charge in [-0.2, -0.15) is 0 Å². The van der Waals surface area contributed by atoms with Gasteiger partial charge in [0.05, 0.1) is 12.7 Å². The average molecular weight is 260 g/mol. The van der Waals surface area contributed by atoms with Crippen molar-refractivity contribution in [2.75, 3.05) is 20.3 Å². The predicted octanol–water partition coefficient (Wildman–Crippen LogP) is 2.23. The van der Waals surface area contributed by atoms with Crippen LogP contribution in [0.15, 0.2) is 6.20 Å². The monoisotopic (exact) mass is 259 g/mol. The van der Waals surface area contributed by atoms with Crippen LogP contribution in [0.25, 0.3) is 0 Å². The molecule has 0 spiro atoms. The van der Waals surface area contributed by atoms with E-state index in [0.717, 1.165) is 31.9 Å². The lowest BCUT2D eigenvalue weighted by Gasteiger charge is -2.24. The summed E-state index contributed by atoms with van der Waals surface area (Å²) in [5, 5.41) is 4.07. The first-order valence-electron chi connectivity index (χ1n) is 5.82. The summed E-state index contributed by atoms with van der Waals surface area (Å²) in [6.45, 7) is 6.91. The number of nitrogens with one attached hydrogen (secondary N) is 1. The van der Waals surface area contributed by atoms with Crippen molar-refractivity contribution in [1.82, 2.24) is 14.9 Å². The number of hydrogen-bond acceptors (Lipinski definition) is 3. The van der Waals surface area contributed by atoms with Crippen molar-refractivity contribution in [3.05, 3.63) is 17.2 Å². The van der Waals surface area contributed by atoms with Crippen molar-refractivity contribution in [1.29, 1.82) is 0 Å². The van der Waals surface area contributed by atoms with Crippen LogP contribution in [0.1, 0.15) is 26.1 Å². The maximum Gasteiger partial charge on any atom is 0.128 e. The molecule has 98 valence electrons. The minimum Gasteiger partial charge on any atom is -0.385 e. The van der Waals surface area contributed by atoms with Crippen molar-refractivity contribution in [3.63, 3.8) is 0 Å². The van der Waals surface area contributed by atoms with Crippen molar-refractivity contribution < 1.29 is 4.74 Å². The summed E-state index contributed by atoms with van der Waals surface area (Å²) in [6, 6.07) is 0. The maximum absolute atomic E-state index is 5.92. The van der Waals surface area contributed by atoms with Crippen LogP contribution in [0.4, 0.5) is 0 Å². The largest absolute Gasteiger partial charge is 0.385 e. The molecule has 0 atom stereocenters. The molecule has 4 nitrogen and oxygen atoms in total. The van der Waals surface area contributed by atoms with E-state index in [2.05, 4.69) is 24.1 Å². The highest BCUT2D eigenvalue weighted by atomic mass is 35.5. The fourth-order valence-corrected chi connectivity index (χ4v) is 1.71. The Balaban J connectivity index is 2.34. The number of aromatic nitrogens is 2. The Morgan fingerprint density at radius 2 is 2.24 bits per heavy atom. The molecule has 0 aromatic carbocycles. The second-order valence-electron chi connectivity index (χ2n) is 5.07. The minimum atomic E-state index is 0.227. The quantitative estimate of drug-likeness (QED) is 0.816. The van der Waals surface area contributed by atoms with Crippen LogP contribution in [0.2, 0.25) is 5.15 Å². The van der Waals surface area contributed by atoms with Gasteiger partial charge in [0.2, 0.25) is 0 Å². The molecule has 0 bridgehead atoms. The van der Waals surface area contributed by atoms with Gasteiger partial charge in [-0.1, -0.05) is 25.4 Å². The number of methoxy groups -OCH3 is 1. The number of rotatable bonds is 7. The van der Waals surface area contributed by atoms with Crippen LogP contribution in [-0.2, 0) is 18.3 Å². The van der Waals surface area contributed by atoms with E-state index in [1.165, 1.54) is 0 Å². The van der Waals surface area contributed by atoms with Gasteiger partial charge in [0, 0.05) is 27.3 Å². The summed E-state index contributed by atoms with van der Waals surface area (Å²) < 4.78 is 6.99. The van der Waals surface area contributed by atoms with Gasteiger partial charge in [0.25, 0.3) is 0 Å². The van der Waals surface area contributed by atoms with Crippen LogP contribution >= 0.6 is 11.6 Å². The fourth-order valence-electron chi connectivity index (χ4n) is 1.57. The Kier molecular flexibility index (Phi) is 5.43. The van der Waals surface area contributed by atoms with Gasteiger partial charge in [-0.15, -0.1) is 0 Å². The van der Waals surface area contributed by atoms with Gasteiger partial charge in [-0.25, -0.2) is 4.98 Å². The lowest BCUT2D eigenvalue weighted by molar-refractivity contribution is 0.150. The number of imidazole rings is 1. The SMILES string of the molecule is COCCC(C)(C)CNCc1ncc(Cl)n1C. The Hall–Kier alpha value is -0.580. The maximum atomic E-state index is 5.92. The molecule has 0 aliphatic carbocycles. The number of ether oxygens (including phenoxy) is 1. The lowest BCUT2D eigenvalue weighted by Crippen LogP contribution is -2.30. The zero-order valence-corrected chi connectivity index (χ0v) is 11.8. The third-order valence-corrected chi connectivity index (χ3v) is 3.25. The zero-order chi connectivity index (χ0) is 12.9. The van der Waals surface area contributed by atoms with E-state index in [-0.39, 0.29) is 5.41 Å². The van der Waals surface area contributed by atoms with Crippen LogP contribution < -0.4 is 5.32 Å². The fraction of sp³-hybridized carbons (Fsp3) is 0.750. The molecule has 0 radical (unpaired) electrons. The van der Waals surface area contributed by atoms with Gasteiger partial charge in [-0.05, 0) is 11.8 Å². The van der Waals surface area contributed by atoms with Gasteiger partial charge >= 0.3 is 0 Å². The first-order valence-corrected chi connectivity index (χ1v) is 6.20. The van der Waals surface area contributed by atoms with E-state index in [1.807, 2.05) is 11.6 Å². The molecule has 0 unspecified atom stereocenters. The number of hydrogen-bond donors (Lipinski definition) is 1. The number of nitrogens with zero attached hydrogens (tertiary/aromatic N) is 2. The molecule has 0 fully saturated rings. The van der Waals surface area contributed by atoms with Crippen molar-refractivity contribution in [2.24, 2.45) is 12.5 Å². The van der Waals surface area contributed by atoms with Gasteiger partial charge < -0.3 is 14.6 Å². The first-order chi connectivity index (χ1) is 7.96.